The molecule has 200 valence electrons. The Morgan fingerprint density at radius 3 is 2.21 bits per heavy atom. The van der Waals surface area contributed by atoms with Gasteiger partial charge in [0.1, 0.15) is 11.9 Å². The minimum Gasteiger partial charge on any atom is -0.350 e. The van der Waals surface area contributed by atoms with E-state index >= 15 is 0 Å². The maximum atomic E-state index is 14.6. The Labute approximate surface area is 226 Å². The number of carbonyl (C=O) groups excluding carboxylic acids is 2. The van der Waals surface area contributed by atoms with Crippen LogP contribution in [0.15, 0.2) is 78.9 Å². The first-order valence-electron chi connectivity index (χ1n) is 12.2. The number of nitrogens with zero attached hydrogens (tertiary/aromatic N) is 2. The Morgan fingerprint density at radius 2 is 1.61 bits per heavy atom. The molecule has 2 amide bonds. The first-order chi connectivity index (χ1) is 18.0. The van der Waals surface area contributed by atoms with Gasteiger partial charge < -0.3 is 10.2 Å². The summed E-state index contributed by atoms with van der Waals surface area (Å²) in [5.74, 6) is -0.552. The molecule has 38 heavy (non-hydrogen) atoms. The third-order valence-electron chi connectivity index (χ3n) is 5.71. The van der Waals surface area contributed by atoms with Crippen molar-refractivity contribution in [1.82, 2.24) is 10.2 Å². The van der Waals surface area contributed by atoms with E-state index < -0.39 is 22.3 Å². The predicted molar refractivity (Wildman–Crippen MR) is 148 cm³/mol. The first kappa shape index (κ1) is 28.8. The molecule has 0 radical (unpaired) electrons. The molecule has 1 unspecified atom stereocenters. The lowest BCUT2D eigenvalue weighted by Crippen LogP contribution is -2.54. The molecule has 0 aliphatic carbocycles. The second-order valence-electron chi connectivity index (χ2n) is 9.97. The zero-order chi connectivity index (χ0) is 27.7. The highest BCUT2D eigenvalue weighted by Crippen LogP contribution is 2.21. The quantitative estimate of drug-likeness (QED) is 0.257. The van der Waals surface area contributed by atoms with E-state index in [1.807, 2.05) is 51.1 Å². The number of amides is 2. The number of nitro benzene ring substituents is 1. The monoisotopic (exact) mass is 537 g/mol. The average Bonchev–Trinajstić information content (AvgIpc) is 2.87. The molecular formula is C29H32FN3O4S. The lowest BCUT2D eigenvalue weighted by atomic mass is 10.0. The van der Waals surface area contributed by atoms with Gasteiger partial charge in [0, 0.05) is 42.0 Å². The van der Waals surface area contributed by atoms with Gasteiger partial charge in [-0.3, -0.25) is 19.7 Å². The summed E-state index contributed by atoms with van der Waals surface area (Å²) < 4.78 is 14.6. The number of hydrogen-bond acceptors (Lipinski definition) is 5. The topological polar surface area (TPSA) is 92.6 Å². The molecule has 0 saturated carbocycles. The number of rotatable bonds is 11. The van der Waals surface area contributed by atoms with Crippen molar-refractivity contribution in [1.29, 1.82) is 0 Å². The van der Waals surface area contributed by atoms with Gasteiger partial charge in [-0.2, -0.15) is 0 Å². The SMILES string of the molecule is CC(C)(C)NC(=O)C(Cc1ccccc1)N(Cc1ccccc1F)C(=O)CSCc1ccc([N+](=O)[O-])cc1. The molecule has 0 spiro atoms. The van der Waals surface area contributed by atoms with Crippen molar-refractivity contribution in [3.8, 4) is 0 Å². The van der Waals surface area contributed by atoms with Crippen LogP contribution in [-0.2, 0) is 28.3 Å². The van der Waals surface area contributed by atoms with Crippen LogP contribution in [-0.4, -0.2) is 39.0 Å². The average molecular weight is 538 g/mol. The summed E-state index contributed by atoms with van der Waals surface area (Å²) in [6, 6.07) is 20.9. The summed E-state index contributed by atoms with van der Waals surface area (Å²) in [4.78, 5) is 39.0. The van der Waals surface area contributed by atoms with Gasteiger partial charge in [0.2, 0.25) is 11.8 Å². The molecule has 0 heterocycles. The van der Waals surface area contributed by atoms with E-state index in [0.29, 0.717) is 11.3 Å². The third kappa shape index (κ3) is 8.69. The fourth-order valence-corrected chi connectivity index (χ4v) is 4.74. The van der Waals surface area contributed by atoms with Crippen molar-refractivity contribution in [2.24, 2.45) is 0 Å². The Kier molecular flexibility index (Phi) is 10.0. The Morgan fingerprint density at radius 1 is 0.974 bits per heavy atom. The molecule has 0 bridgehead atoms. The number of halogens is 1. The van der Waals surface area contributed by atoms with Crippen molar-refractivity contribution in [2.45, 2.75) is 51.1 Å². The van der Waals surface area contributed by atoms with E-state index in [0.717, 1.165) is 11.1 Å². The number of non-ortho nitro benzene ring substituents is 1. The van der Waals surface area contributed by atoms with Crippen molar-refractivity contribution in [3.05, 3.63) is 111 Å². The Hall–Kier alpha value is -3.72. The van der Waals surface area contributed by atoms with Gasteiger partial charge in [0.05, 0.1) is 10.7 Å². The number of nitrogens with one attached hydrogen (secondary N) is 1. The van der Waals surface area contributed by atoms with Gasteiger partial charge in [-0.05, 0) is 38.0 Å². The van der Waals surface area contributed by atoms with Crippen LogP contribution in [0.25, 0.3) is 0 Å². The molecular weight excluding hydrogens is 505 g/mol. The van der Waals surface area contributed by atoms with Crippen LogP contribution in [0.3, 0.4) is 0 Å². The second kappa shape index (κ2) is 13.2. The number of nitro groups is 1. The van der Waals surface area contributed by atoms with Crippen molar-refractivity contribution >= 4 is 29.3 Å². The Balaban J connectivity index is 1.85. The van der Waals surface area contributed by atoms with Gasteiger partial charge in [-0.15, -0.1) is 11.8 Å². The number of thioether (sulfide) groups is 1. The molecule has 0 aliphatic heterocycles. The highest BCUT2D eigenvalue weighted by molar-refractivity contribution is 7.99. The fraction of sp³-hybridized carbons (Fsp3) is 0.310. The van der Waals surface area contributed by atoms with Crippen LogP contribution in [0.4, 0.5) is 10.1 Å². The molecule has 0 fully saturated rings. The van der Waals surface area contributed by atoms with Crippen molar-refractivity contribution in [2.75, 3.05) is 5.75 Å². The molecule has 3 aromatic carbocycles. The third-order valence-corrected chi connectivity index (χ3v) is 6.70. The number of carbonyl (C=O) groups is 2. The van der Waals surface area contributed by atoms with Crippen LogP contribution in [0.1, 0.15) is 37.5 Å². The normalized spacial score (nSPS) is 12.0. The molecule has 1 N–H and O–H groups in total. The zero-order valence-corrected chi connectivity index (χ0v) is 22.5. The first-order valence-corrected chi connectivity index (χ1v) is 13.4. The molecule has 1 atom stereocenters. The fourth-order valence-electron chi connectivity index (χ4n) is 3.87. The molecule has 9 heteroatoms. The van der Waals surface area contributed by atoms with E-state index in [4.69, 9.17) is 0 Å². The maximum Gasteiger partial charge on any atom is 0.269 e. The summed E-state index contributed by atoms with van der Waals surface area (Å²) in [5.41, 5.74) is 1.51. The number of hydrogen-bond donors (Lipinski definition) is 1. The minimum atomic E-state index is -0.858. The van der Waals surface area contributed by atoms with Crippen LogP contribution in [0.2, 0.25) is 0 Å². The van der Waals surface area contributed by atoms with E-state index in [1.165, 1.54) is 34.9 Å². The summed E-state index contributed by atoms with van der Waals surface area (Å²) >= 11 is 1.33. The molecule has 3 aromatic rings. The maximum absolute atomic E-state index is 14.6. The molecule has 0 aliphatic rings. The van der Waals surface area contributed by atoms with Crippen molar-refractivity contribution in [3.63, 3.8) is 0 Å². The van der Waals surface area contributed by atoms with Gasteiger partial charge in [0.15, 0.2) is 0 Å². The van der Waals surface area contributed by atoms with Crippen molar-refractivity contribution < 1.29 is 18.9 Å². The van der Waals surface area contributed by atoms with E-state index in [-0.39, 0.29) is 36.2 Å². The van der Waals surface area contributed by atoms with Crippen LogP contribution in [0.5, 0.6) is 0 Å². The number of benzene rings is 3. The minimum absolute atomic E-state index is 0.000459. The second-order valence-corrected chi connectivity index (χ2v) is 11.0. The highest BCUT2D eigenvalue weighted by Gasteiger charge is 2.32. The Bertz CT molecular complexity index is 1250. The van der Waals surface area contributed by atoms with Crippen LogP contribution < -0.4 is 5.32 Å². The van der Waals surface area contributed by atoms with E-state index in [2.05, 4.69) is 5.32 Å². The lowest BCUT2D eigenvalue weighted by molar-refractivity contribution is -0.384. The molecule has 7 nitrogen and oxygen atoms in total. The summed E-state index contributed by atoms with van der Waals surface area (Å²) in [7, 11) is 0. The molecule has 0 aromatic heterocycles. The van der Waals surface area contributed by atoms with E-state index in [1.54, 1.807) is 30.3 Å². The van der Waals surface area contributed by atoms with Gasteiger partial charge >= 0.3 is 0 Å². The predicted octanol–water partition coefficient (Wildman–Crippen LogP) is 5.52. The van der Waals surface area contributed by atoms with Crippen LogP contribution >= 0.6 is 11.8 Å². The van der Waals surface area contributed by atoms with Gasteiger partial charge in [-0.1, -0.05) is 60.7 Å². The van der Waals surface area contributed by atoms with Crippen LogP contribution in [0, 0.1) is 15.9 Å². The zero-order valence-electron chi connectivity index (χ0n) is 21.7. The summed E-state index contributed by atoms with van der Waals surface area (Å²) in [5, 5.41) is 13.9. The largest absolute Gasteiger partial charge is 0.350 e. The lowest BCUT2D eigenvalue weighted by Gasteiger charge is -2.34. The van der Waals surface area contributed by atoms with E-state index in [9.17, 15) is 24.1 Å². The smallest absolute Gasteiger partial charge is 0.269 e. The standard InChI is InChI=1S/C29H32FN3O4S/c1-29(2,3)31-28(35)26(17-21-9-5-4-6-10-21)32(18-23-11-7-8-12-25(23)30)27(34)20-38-19-22-13-15-24(16-14-22)33(36)37/h4-16,26H,17-20H2,1-3H3,(H,31,35). The summed E-state index contributed by atoms with van der Waals surface area (Å²) in [6.07, 6.45) is 0.274. The molecule has 0 saturated heterocycles. The van der Waals surface area contributed by atoms with Gasteiger partial charge in [0.25, 0.3) is 5.69 Å². The summed E-state index contributed by atoms with van der Waals surface area (Å²) in [6.45, 7) is 5.55. The highest BCUT2D eigenvalue weighted by atomic mass is 32.2. The molecule has 3 rings (SSSR count). The van der Waals surface area contributed by atoms with Gasteiger partial charge in [-0.25, -0.2) is 4.39 Å².